The number of benzene rings is 1. The Bertz CT molecular complexity index is 569. The molecule has 5 nitrogen and oxygen atoms in total. The molecular formula is C13H15N3O2S. The third-order valence-corrected chi connectivity index (χ3v) is 3.63. The molecule has 0 saturated carbocycles. The van der Waals surface area contributed by atoms with Gasteiger partial charge in [-0.1, -0.05) is 6.07 Å². The minimum Gasteiger partial charge on any atom is -0.496 e. The summed E-state index contributed by atoms with van der Waals surface area (Å²) in [5, 5.41) is 5.58. The van der Waals surface area contributed by atoms with E-state index in [2.05, 4.69) is 10.3 Å². The summed E-state index contributed by atoms with van der Waals surface area (Å²) in [6.07, 6.45) is 1.71. The molecule has 6 heteroatoms. The number of aromatic nitrogens is 1. The molecule has 2 rings (SSSR count). The number of nitrogen functional groups attached to an aromatic ring is 1. The number of nitrogens with one attached hydrogen (secondary N) is 1. The third-order valence-electron chi connectivity index (χ3n) is 2.67. The second kappa shape index (κ2) is 5.71. The lowest BCUT2D eigenvalue weighted by Crippen LogP contribution is -2.27. The number of rotatable bonds is 4. The number of nitrogens with two attached hydrogens (primary N) is 1. The van der Waals surface area contributed by atoms with Crippen LogP contribution >= 0.6 is 11.3 Å². The highest BCUT2D eigenvalue weighted by molar-refractivity contribution is 7.09. The third kappa shape index (κ3) is 2.85. The van der Waals surface area contributed by atoms with Crippen LogP contribution in [0.15, 0.2) is 29.8 Å². The smallest absolute Gasteiger partial charge is 0.257 e. The fourth-order valence-corrected chi connectivity index (χ4v) is 2.39. The van der Waals surface area contributed by atoms with Crippen molar-refractivity contribution in [2.24, 2.45) is 0 Å². The van der Waals surface area contributed by atoms with Crippen molar-refractivity contribution >= 4 is 22.9 Å². The first-order chi connectivity index (χ1) is 9.13. The van der Waals surface area contributed by atoms with E-state index < -0.39 is 0 Å². The molecule has 0 bridgehead atoms. The first-order valence-corrected chi connectivity index (χ1v) is 6.64. The minimum atomic E-state index is -0.266. The van der Waals surface area contributed by atoms with Gasteiger partial charge in [-0.15, -0.1) is 11.3 Å². The fourth-order valence-electron chi connectivity index (χ4n) is 1.74. The summed E-state index contributed by atoms with van der Waals surface area (Å²) in [7, 11) is 1.51. The molecule has 19 heavy (non-hydrogen) atoms. The molecule has 1 heterocycles. The van der Waals surface area contributed by atoms with Gasteiger partial charge in [-0.25, -0.2) is 4.98 Å². The van der Waals surface area contributed by atoms with Gasteiger partial charge in [-0.2, -0.15) is 0 Å². The standard InChI is InChI=1S/C13H15N3O2S/c1-8(13-15-6-7-19-13)16-12(17)11-9(14)4-3-5-10(11)18-2/h3-8H,14H2,1-2H3,(H,16,17). The van der Waals surface area contributed by atoms with E-state index in [0.717, 1.165) is 5.01 Å². The summed E-state index contributed by atoms with van der Waals surface area (Å²) in [4.78, 5) is 16.4. The zero-order valence-corrected chi connectivity index (χ0v) is 11.5. The van der Waals surface area contributed by atoms with Gasteiger partial charge in [0.15, 0.2) is 0 Å². The zero-order valence-electron chi connectivity index (χ0n) is 10.7. The SMILES string of the molecule is COc1cccc(N)c1C(=O)NC(C)c1nccs1. The van der Waals surface area contributed by atoms with Crippen LogP contribution < -0.4 is 15.8 Å². The molecule has 1 amide bonds. The quantitative estimate of drug-likeness (QED) is 0.840. The highest BCUT2D eigenvalue weighted by atomic mass is 32.1. The fraction of sp³-hybridized carbons (Fsp3) is 0.231. The van der Waals surface area contributed by atoms with Crippen LogP contribution in [0.25, 0.3) is 0 Å². The van der Waals surface area contributed by atoms with Crippen LogP contribution in [0, 0.1) is 0 Å². The molecule has 3 N–H and O–H groups in total. The lowest BCUT2D eigenvalue weighted by atomic mass is 10.1. The predicted octanol–water partition coefficient (Wildman–Crippen LogP) is 2.22. The van der Waals surface area contributed by atoms with Gasteiger partial charge in [-0.3, -0.25) is 4.79 Å². The number of methoxy groups -OCH3 is 1. The number of ether oxygens (including phenoxy) is 1. The highest BCUT2D eigenvalue weighted by Crippen LogP contribution is 2.25. The molecule has 1 atom stereocenters. The topological polar surface area (TPSA) is 77.2 Å². The molecular weight excluding hydrogens is 262 g/mol. The summed E-state index contributed by atoms with van der Waals surface area (Å²) in [6, 6.07) is 4.96. The van der Waals surface area contributed by atoms with Gasteiger partial charge in [0.1, 0.15) is 16.3 Å². The van der Waals surface area contributed by atoms with Crippen LogP contribution in [-0.4, -0.2) is 18.0 Å². The monoisotopic (exact) mass is 277 g/mol. The van der Waals surface area contributed by atoms with Gasteiger partial charge in [0, 0.05) is 17.3 Å². The highest BCUT2D eigenvalue weighted by Gasteiger charge is 2.19. The van der Waals surface area contributed by atoms with Gasteiger partial charge in [-0.05, 0) is 19.1 Å². The Morgan fingerprint density at radius 2 is 2.32 bits per heavy atom. The number of thiazole rings is 1. The van der Waals surface area contributed by atoms with Crippen LogP contribution in [0.1, 0.15) is 28.3 Å². The largest absolute Gasteiger partial charge is 0.496 e. The molecule has 1 unspecified atom stereocenters. The summed E-state index contributed by atoms with van der Waals surface area (Å²) in [6.45, 7) is 1.88. The minimum absolute atomic E-state index is 0.170. The summed E-state index contributed by atoms with van der Waals surface area (Å²) in [5.41, 5.74) is 6.59. The Morgan fingerprint density at radius 3 is 2.95 bits per heavy atom. The van der Waals surface area contributed by atoms with Gasteiger partial charge >= 0.3 is 0 Å². The first kappa shape index (κ1) is 13.4. The van der Waals surface area contributed by atoms with Crippen molar-refractivity contribution in [2.75, 3.05) is 12.8 Å². The molecule has 0 aliphatic carbocycles. The Labute approximate surface area is 115 Å². The molecule has 0 spiro atoms. The Balaban J connectivity index is 2.21. The number of nitrogens with zero attached hydrogens (tertiary/aromatic N) is 1. The van der Waals surface area contributed by atoms with Crippen molar-refractivity contribution in [3.05, 3.63) is 40.3 Å². The van der Waals surface area contributed by atoms with Gasteiger partial charge in [0.2, 0.25) is 0 Å². The number of carbonyl (C=O) groups is 1. The predicted molar refractivity (Wildman–Crippen MR) is 75.4 cm³/mol. The van der Waals surface area contributed by atoms with Crippen molar-refractivity contribution in [1.82, 2.24) is 10.3 Å². The Morgan fingerprint density at radius 1 is 1.53 bits per heavy atom. The van der Waals surface area contributed by atoms with E-state index in [4.69, 9.17) is 10.5 Å². The second-order valence-electron chi connectivity index (χ2n) is 3.99. The molecule has 0 aliphatic heterocycles. The van der Waals surface area contributed by atoms with E-state index in [1.54, 1.807) is 24.4 Å². The van der Waals surface area contributed by atoms with Crippen LogP contribution in [0.3, 0.4) is 0 Å². The van der Waals surface area contributed by atoms with Crippen molar-refractivity contribution < 1.29 is 9.53 Å². The molecule has 2 aromatic rings. The molecule has 100 valence electrons. The van der Waals surface area contributed by atoms with Crippen LogP contribution in [0.5, 0.6) is 5.75 Å². The number of carbonyl (C=O) groups excluding carboxylic acids is 1. The van der Waals surface area contributed by atoms with E-state index in [1.165, 1.54) is 18.4 Å². The normalized spacial score (nSPS) is 11.9. The first-order valence-electron chi connectivity index (χ1n) is 5.76. The van der Waals surface area contributed by atoms with Gasteiger partial charge in [0.05, 0.1) is 13.2 Å². The second-order valence-corrected chi connectivity index (χ2v) is 4.92. The number of hydrogen-bond donors (Lipinski definition) is 2. The van der Waals surface area contributed by atoms with Crippen molar-refractivity contribution in [3.8, 4) is 5.75 Å². The summed E-state index contributed by atoms with van der Waals surface area (Å²) in [5.74, 6) is 0.196. The lowest BCUT2D eigenvalue weighted by molar-refractivity contribution is 0.0938. The van der Waals surface area contributed by atoms with E-state index >= 15 is 0 Å². The summed E-state index contributed by atoms with van der Waals surface area (Å²) >= 11 is 1.49. The molecule has 1 aromatic carbocycles. The lowest BCUT2D eigenvalue weighted by Gasteiger charge is -2.14. The average molecular weight is 277 g/mol. The van der Waals surface area contributed by atoms with Gasteiger partial charge in [0.25, 0.3) is 5.91 Å². The van der Waals surface area contributed by atoms with Gasteiger partial charge < -0.3 is 15.8 Å². The van der Waals surface area contributed by atoms with Crippen LogP contribution in [-0.2, 0) is 0 Å². The molecule has 0 radical (unpaired) electrons. The van der Waals surface area contributed by atoms with Crippen molar-refractivity contribution in [2.45, 2.75) is 13.0 Å². The molecule has 1 aromatic heterocycles. The van der Waals surface area contributed by atoms with Crippen LogP contribution in [0.4, 0.5) is 5.69 Å². The van der Waals surface area contributed by atoms with Crippen molar-refractivity contribution in [1.29, 1.82) is 0 Å². The van der Waals surface area contributed by atoms with Crippen molar-refractivity contribution in [3.63, 3.8) is 0 Å². The summed E-state index contributed by atoms with van der Waals surface area (Å²) < 4.78 is 5.17. The molecule has 0 saturated heterocycles. The van der Waals surface area contributed by atoms with E-state index in [0.29, 0.717) is 17.0 Å². The Hall–Kier alpha value is -2.08. The maximum atomic E-state index is 12.3. The van der Waals surface area contributed by atoms with E-state index in [1.807, 2.05) is 12.3 Å². The molecule has 0 aliphatic rings. The molecule has 0 fully saturated rings. The number of anilines is 1. The van der Waals surface area contributed by atoms with Crippen LogP contribution in [0.2, 0.25) is 0 Å². The number of hydrogen-bond acceptors (Lipinski definition) is 5. The maximum absolute atomic E-state index is 12.3. The number of amides is 1. The zero-order chi connectivity index (χ0) is 13.8. The average Bonchev–Trinajstić information content (AvgIpc) is 2.92. The maximum Gasteiger partial charge on any atom is 0.257 e. The Kier molecular flexibility index (Phi) is 4.01. The van der Waals surface area contributed by atoms with E-state index in [-0.39, 0.29) is 11.9 Å². The van der Waals surface area contributed by atoms with E-state index in [9.17, 15) is 4.79 Å².